The Balaban J connectivity index is 1.48. The molecule has 33 heavy (non-hydrogen) atoms. The monoisotopic (exact) mass is 450 g/mol. The van der Waals surface area contributed by atoms with Gasteiger partial charge in [0.25, 0.3) is 0 Å². The minimum Gasteiger partial charge on any atom is -0.152 e. The van der Waals surface area contributed by atoms with Crippen LogP contribution in [0.5, 0.6) is 0 Å². The standard InChI is InChI=1S/C32H34S/c1-6-25-7-11-28(23(4)17-25)12-8-26-9-15-31-29(18-26)13-14-30-19-27(10-16-32(30)31)21-33-20-24(5)22(2)3/h7-12,15-19H,2,5-6,13-14,20-21H2,1,3-4H3/b12-8+. The van der Waals surface area contributed by atoms with Crippen LogP contribution in [-0.2, 0) is 25.0 Å². The Morgan fingerprint density at radius 3 is 2.27 bits per heavy atom. The van der Waals surface area contributed by atoms with E-state index in [1.54, 1.807) is 0 Å². The number of thioether (sulfide) groups is 1. The molecule has 0 radical (unpaired) electrons. The fourth-order valence-electron chi connectivity index (χ4n) is 4.41. The third kappa shape index (κ3) is 5.60. The number of allylic oxidation sites excluding steroid dienone is 1. The van der Waals surface area contributed by atoms with Gasteiger partial charge in [0.2, 0.25) is 0 Å². The van der Waals surface area contributed by atoms with Crippen LogP contribution in [0, 0.1) is 6.92 Å². The van der Waals surface area contributed by atoms with Gasteiger partial charge in [0.05, 0.1) is 0 Å². The highest BCUT2D eigenvalue weighted by atomic mass is 32.2. The SMILES string of the molecule is C=C(C)C(=C)CSCc1ccc2c(c1)CCc1cc(/C=C/c3ccc(CC)cc3C)ccc1-2. The van der Waals surface area contributed by atoms with Crippen LogP contribution in [0.1, 0.15) is 52.8 Å². The smallest absolute Gasteiger partial charge is 0.0188 e. The molecule has 0 heterocycles. The van der Waals surface area contributed by atoms with Crippen LogP contribution in [0.2, 0.25) is 0 Å². The molecule has 4 rings (SSSR count). The molecule has 0 saturated heterocycles. The van der Waals surface area contributed by atoms with Gasteiger partial charge in [-0.1, -0.05) is 92.4 Å². The van der Waals surface area contributed by atoms with Gasteiger partial charge in [-0.15, -0.1) is 0 Å². The van der Waals surface area contributed by atoms with Crippen LogP contribution >= 0.6 is 11.8 Å². The van der Waals surface area contributed by atoms with E-state index < -0.39 is 0 Å². The summed E-state index contributed by atoms with van der Waals surface area (Å²) in [6, 6.07) is 20.7. The quantitative estimate of drug-likeness (QED) is 0.244. The minimum absolute atomic E-state index is 0.952. The molecule has 0 spiro atoms. The van der Waals surface area contributed by atoms with Gasteiger partial charge in [0.1, 0.15) is 0 Å². The van der Waals surface area contributed by atoms with Crippen LogP contribution in [0.3, 0.4) is 0 Å². The zero-order chi connectivity index (χ0) is 23.4. The molecule has 0 atom stereocenters. The number of aryl methyl sites for hydroxylation is 4. The molecule has 3 aromatic rings. The third-order valence-electron chi connectivity index (χ3n) is 6.60. The molecule has 1 aliphatic carbocycles. The molecule has 0 N–H and O–H groups in total. The molecule has 0 nitrogen and oxygen atoms in total. The summed E-state index contributed by atoms with van der Waals surface area (Å²) in [6.07, 6.45) is 7.81. The van der Waals surface area contributed by atoms with E-state index in [9.17, 15) is 0 Å². The Kier molecular flexibility index (Phi) is 7.40. The van der Waals surface area contributed by atoms with Gasteiger partial charge in [-0.2, -0.15) is 11.8 Å². The molecule has 0 aliphatic heterocycles. The number of hydrogen-bond acceptors (Lipinski definition) is 1. The molecule has 0 saturated carbocycles. The molecule has 1 aliphatic rings. The number of rotatable bonds is 8. The summed E-state index contributed by atoms with van der Waals surface area (Å²) in [5.41, 5.74) is 14.7. The summed E-state index contributed by atoms with van der Waals surface area (Å²) in [5, 5.41) is 0. The summed E-state index contributed by atoms with van der Waals surface area (Å²) >= 11 is 1.92. The number of hydrogen-bond donors (Lipinski definition) is 0. The van der Waals surface area contributed by atoms with Gasteiger partial charge in [-0.25, -0.2) is 0 Å². The second-order valence-electron chi connectivity index (χ2n) is 9.16. The van der Waals surface area contributed by atoms with E-state index in [1.165, 1.54) is 50.1 Å². The lowest BCUT2D eigenvalue weighted by atomic mass is 9.84. The Labute approximate surface area is 204 Å². The van der Waals surface area contributed by atoms with Crippen LogP contribution < -0.4 is 0 Å². The Hall–Kier alpha value is -2.77. The number of fused-ring (bicyclic) bond motifs is 3. The van der Waals surface area contributed by atoms with Crippen LogP contribution in [0.15, 0.2) is 78.9 Å². The van der Waals surface area contributed by atoms with Crippen molar-refractivity contribution in [1.82, 2.24) is 0 Å². The maximum absolute atomic E-state index is 4.10. The molecule has 0 unspecified atom stereocenters. The molecule has 0 bridgehead atoms. The van der Waals surface area contributed by atoms with Crippen LogP contribution in [0.25, 0.3) is 23.3 Å². The van der Waals surface area contributed by atoms with Gasteiger partial charge in [-0.05, 0) is 88.8 Å². The van der Waals surface area contributed by atoms with Crippen molar-refractivity contribution in [2.24, 2.45) is 0 Å². The molecular formula is C32H34S. The maximum Gasteiger partial charge on any atom is 0.0188 e. The van der Waals surface area contributed by atoms with Crippen molar-refractivity contribution < 1.29 is 0 Å². The first-order valence-electron chi connectivity index (χ1n) is 11.9. The zero-order valence-electron chi connectivity index (χ0n) is 20.2. The van der Waals surface area contributed by atoms with Crippen LogP contribution in [0.4, 0.5) is 0 Å². The first-order chi connectivity index (χ1) is 15.9. The van der Waals surface area contributed by atoms with E-state index in [2.05, 4.69) is 93.8 Å². The van der Waals surface area contributed by atoms with Gasteiger partial charge in [0.15, 0.2) is 0 Å². The molecule has 0 fully saturated rings. The van der Waals surface area contributed by atoms with Crippen molar-refractivity contribution in [2.75, 3.05) is 5.75 Å². The van der Waals surface area contributed by atoms with Gasteiger partial charge >= 0.3 is 0 Å². The summed E-state index contributed by atoms with van der Waals surface area (Å²) in [7, 11) is 0. The van der Waals surface area contributed by atoms with Crippen molar-refractivity contribution in [3.63, 3.8) is 0 Å². The fraction of sp³-hybridized carbons (Fsp3) is 0.250. The van der Waals surface area contributed by atoms with Crippen LogP contribution in [-0.4, -0.2) is 5.75 Å². The van der Waals surface area contributed by atoms with Crippen molar-refractivity contribution in [3.8, 4) is 11.1 Å². The predicted molar refractivity (Wildman–Crippen MR) is 149 cm³/mol. The molecular weight excluding hydrogens is 416 g/mol. The maximum atomic E-state index is 4.10. The highest BCUT2D eigenvalue weighted by Crippen LogP contribution is 2.35. The van der Waals surface area contributed by atoms with Gasteiger partial charge in [0, 0.05) is 11.5 Å². The summed E-state index contributed by atoms with van der Waals surface area (Å²) in [6.45, 7) is 14.5. The molecule has 0 aromatic heterocycles. The van der Waals surface area contributed by atoms with Gasteiger partial charge in [-0.3, -0.25) is 0 Å². The molecule has 0 amide bonds. The van der Waals surface area contributed by atoms with Crippen molar-refractivity contribution in [3.05, 3.63) is 118 Å². The lowest BCUT2D eigenvalue weighted by Gasteiger charge is -2.21. The summed E-state index contributed by atoms with van der Waals surface area (Å²) in [5.74, 6) is 1.97. The van der Waals surface area contributed by atoms with Crippen molar-refractivity contribution in [2.45, 2.75) is 45.8 Å². The van der Waals surface area contributed by atoms with E-state index in [-0.39, 0.29) is 0 Å². The average molecular weight is 451 g/mol. The van der Waals surface area contributed by atoms with E-state index in [0.717, 1.165) is 41.9 Å². The fourth-order valence-corrected chi connectivity index (χ4v) is 5.42. The second kappa shape index (κ2) is 10.4. The summed E-state index contributed by atoms with van der Waals surface area (Å²) in [4.78, 5) is 0. The molecule has 1 heteroatoms. The largest absolute Gasteiger partial charge is 0.152 e. The topological polar surface area (TPSA) is 0 Å². The zero-order valence-corrected chi connectivity index (χ0v) is 21.0. The third-order valence-corrected chi connectivity index (χ3v) is 7.69. The first kappa shape index (κ1) is 23.4. The highest BCUT2D eigenvalue weighted by molar-refractivity contribution is 7.98. The summed E-state index contributed by atoms with van der Waals surface area (Å²) < 4.78 is 0. The Morgan fingerprint density at radius 1 is 0.879 bits per heavy atom. The van der Waals surface area contributed by atoms with Crippen molar-refractivity contribution >= 4 is 23.9 Å². The predicted octanol–water partition coefficient (Wildman–Crippen LogP) is 8.86. The number of benzene rings is 3. The first-order valence-corrected chi connectivity index (χ1v) is 13.0. The van der Waals surface area contributed by atoms with E-state index in [1.807, 2.05) is 18.7 Å². The second-order valence-corrected chi connectivity index (χ2v) is 10.1. The van der Waals surface area contributed by atoms with Crippen molar-refractivity contribution in [1.29, 1.82) is 0 Å². The van der Waals surface area contributed by atoms with E-state index in [4.69, 9.17) is 0 Å². The normalized spacial score (nSPS) is 12.5. The molecule has 3 aromatic carbocycles. The van der Waals surface area contributed by atoms with E-state index >= 15 is 0 Å². The molecule has 168 valence electrons. The highest BCUT2D eigenvalue weighted by Gasteiger charge is 2.16. The van der Waals surface area contributed by atoms with Gasteiger partial charge < -0.3 is 0 Å². The average Bonchev–Trinajstić information content (AvgIpc) is 2.82. The Morgan fingerprint density at radius 2 is 1.58 bits per heavy atom. The minimum atomic E-state index is 0.952. The lowest BCUT2D eigenvalue weighted by molar-refractivity contribution is 0.938. The Bertz CT molecular complexity index is 1230. The van der Waals surface area contributed by atoms with E-state index in [0.29, 0.717) is 0 Å². The lowest BCUT2D eigenvalue weighted by Crippen LogP contribution is -2.05.